The second-order valence-electron chi connectivity index (χ2n) is 4.50. The Morgan fingerprint density at radius 2 is 1.44 bits per heavy atom. The highest BCUT2D eigenvalue weighted by molar-refractivity contribution is 5.48. The van der Waals surface area contributed by atoms with Crippen LogP contribution in [-0.2, 0) is 0 Å². The van der Waals surface area contributed by atoms with E-state index in [0.717, 1.165) is 24.3 Å². The van der Waals surface area contributed by atoms with Gasteiger partial charge < -0.3 is 4.74 Å². The third-order valence-corrected chi connectivity index (χ3v) is 2.72. The Labute approximate surface area is 139 Å². The normalized spacial score (nSPS) is 9.92. The average molecular weight is 347 g/mol. The smallest absolute Gasteiger partial charge is 0.406 e. The van der Waals surface area contributed by atoms with Crippen LogP contribution in [0.5, 0.6) is 5.75 Å². The number of alkyl halides is 3. The third kappa shape index (κ3) is 5.27. The van der Waals surface area contributed by atoms with Crippen LogP contribution < -0.4 is 4.74 Å². The van der Waals surface area contributed by atoms with Crippen LogP contribution in [0.2, 0.25) is 0 Å². The number of hydrogen-bond acceptors (Lipinski definition) is 2. The molecular weight excluding hydrogens is 341 g/mol. The SMILES string of the molecule is N#CC#Cc1cc(F)c(C#Cc2ccc(OC(F)(F)F)cc2)c(F)c1. The molecule has 0 aliphatic heterocycles. The van der Waals surface area contributed by atoms with Crippen LogP contribution in [0.25, 0.3) is 0 Å². The lowest BCUT2D eigenvalue weighted by Crippen LogP contribution is -2.16. The first-order valence-corrected chi connectivity index (χ1v) is 6.55. The molecule has 0 saturated heterocycles. The Kier molecular flexibility index (Phi) is 5.27. The maximum Gasteiger partial charge on any atom is 0.573 e. The summed E-state index contributed by atoms with van der Waals surface area (Å²) in [5.74, 6) is 6.61. The van der Waals surface area contributed by atoms with E-state index in [0.29, 0.717) is 0 Å². The molecule has 0 amide bonds. The molecule has 0 fully saturated rings. The molecule has 124 valence electrons. The van der Waals surface area contributed by atoms with E-state index in [1.165, 1.54) is 18.2 Å². The monoisotopic (exact) mass is 347 g/mol. The van der Waals surface area contributed by atoms with Crippen molar-refractivity contribution in [2.75, 3.05) is 0 Å². The van der Waals surface area contributed by atoms with E-state index in [2.05, 4.69) is 22.5 Å². The van der Waals surface area contributed by atoms with Gasteiger partial charge in [-0.3, -0.25) is 0 Å². The van der Waals surface area contributed by atoms with Crippen molar-refractivity contribution in [2.45, 2.75) is 6.36 Å². The molecule has 0 radical (unpaired) electrons. The molecule has 0 heterocycles. The topological polar surface area (TPSA) is 33.0 Å². The Morgan fingerprint density at radius 3 is 1.96 bits per heavy atom. The lowest BCUT2D eigenvalue weighted by atomic mass is 10.1. The summed E-state index contributed by atoms with van der Waals surface area (Å²) in [6, 6.07) is 7.88. The van der Waals surface area contributed by atoms with Gasteiger partial charge >= 0.3 is 6.36 Å². The largest absolute Gasteiger partial charge is 0.573 e. The van der Waals surface area contributed by atoms with Gasteiger partial charge in [0.15, 0.2) is 6.07 Å². The number of halogens is 5. The molecular formula is C18H6F5NO. The standard InChI is InChI=1S/C18H6F5NO/c19-16-10-13(2-1-9-24)11-17(20)15(16)8-5-12-3-6-14(7-4-12)25-18(21,22)23/h3-4,6-7,10-11H. The first-order valence-electron chi connectivity index (χ1n) is 6.55. The van der Waals surface area contributed by atoms with Crippen molar-refractivity contribution in [3.8, 4) is 35.5 Å². The van der Waals surface area contributed by atoms with Gasteiger partial charge in [0.2, 0.25) is 0 Å². The average Bonchev–Trinajstić information content (AvgIpc) is 2.52. The zero-order chi connectivity index (χ0) is 18.4. The molecule has 25 heavy (non-hydrogen) atoms. The van der Waals surface area contributed by atoms with E-state index in [4.69, 9.17) is 5.26 Å². The number of hydrogen-bond donors (Lipinski definition) is 0. The predicted molar refractivity (Wildman–Crippen MR) is 78.0 cm³/mol. The van der Waals surface area contributed by atoms with Gasteiger partial charge in [0.05, 0.1) is 5.56 Å². The van der Waals surface area contributed by atoms with Crippen LogP contribution >= 0.6 is 0 Å². The fourth-order valence-corrected chi connectivity index (χ4v) is 1.74. The summed E-state index contributed by atoms with van der Waals surface area (Å²) in [6.45, 7) is 0. The van der Waals surface area contributed by atoms with Crippen LogP contribution in [0.3, 0.4) is 0 Å². The van der Waals surface area contributed by atoms with E-state index in [1.54, 1.807) is 0 Å². The molecule has 0 N–H and O–H groups in total. The molecule has 0 aliphatic rings. The van der Waals surface area contributed by atoms with Gasteiger partial charge in [-0.1, -0.05) is 17.8 Å². The molecule has 2 aromatic carbocycles. The van der Waals surface area contributed by atoms with E-state index in [1.807, 2.05) is 5.92 Å². The summed E-state index contributed by atoms with van der Waals surface area (Å²) in [5.41, 5.74) is -0.296. The van der Waals surface area contributed by atoms with Crippen LogP contribution in [0, 0.1) is 46.6 Å². The van der Waals surface area contributed by atoms with Gasteiger partial charge in [0.1, 0.15) is 17.4 Å². The molecule has 2 nitrogen and oxygen atoms in total. The van der Waals surface area contributed by atoms with Crippen molar-refractivity contribution in [3.05, 3.63) is 64.7 Å². The summed E-state index contributed by atoms with van der Waals surface area (Å²) < 4.78 is 67.6. The van der Waals surface area contributed by atoms with E-state index < -0.39 is 29.3 Å². The maximum absolute atomic E-state index is 13.9. The first kappa shape index (κ1) is 17.8. The highest BCUT2D eigenvalue weighted by Gasteiger charge is 2.30. The first-order chi connectivity index (χ1) is 11.8. The minimum absolute atomic E-state index is 0.0178. The van der Waals surface area contributed by atoms with Crippen LogP contribution in [0.4, 0.5) is 22.0 Å². The van der Waals surface area contributed by atoms with Gasteiger partial charge in [-0.15, -0.1) is 13.2 Å². The molecule has 2 aromatic rings. The Balaban J connectivity index is 2.25. The molecule has 0 aromatic heterocycles. The van der Waals surface area contributed by atoms with Crippen LogP contribution in [0.15, 0.2) is 36.4 Å². The predicted octanol–water partition coefficient (Wildman–Crippen LogP) is 4.14. The second-order valence-corrected chi connectivity index (χ2v) is 4.50. The van der Waals surface area contributed by atoms with Crippen molar-refractivity contribution >= 4 is 0 Å². The number of benzene rings is 2. The highest BCUT2D eigenvalue weighted by Crippen LogP contribution is 2.22. The third-order valence-electron chi connectivity index (χ3n) is 2.72. The van der Waals surface area contributed by atoms with E-state index in [-0.39, 0.29) is 11.1 Å². The van der Waals surface area contributed by atoms with Crippen molar-refractivity contribution in [2.24, 2.45) is 0 Å². The minimum atomic E-state index is -4.81. The maximum atomic E-state index is 13.9. The molecule has 2 rings (SSSR count). The van der Waals surface area contributed by atoms with Gasteiger partial charge in [0.25, 0.3) is 0 Å². The second kappa shape index (κ2) is 7.38. The molecule has 0 aliphatic carbocycles. The van der Waals surface area contributed by atoms with Crippen molar-refractivity contribution in [1.82, 2.24) is 0 Å². The molecule has 0 atom stereocenters. The van der Waals surface area contributed by atoms with Crippen LogP contribution in [0.1, 0.15) is 16.7 Å². The van der Waals surface area contributed by atoms with Gasteiger partial charge in [-0.25, -0.2) is 8.78 Å². The van der Waals surface area contributed by atoms with Gasteiger partial charge in [-0.2, -0.15) is 5.26 Å². The zero-order valence-electron chi connectivity index (χ0n) is 12.2. The fourth-order valence-electron chi connectivity index (χ4n) is 1.74. The quantitative estimate of drug-likeness (QED) is 0.574. The summed E-state index contributed by atoms with van der Waals surface area (Å²) in [5, 5.41) is 8.31. The van der Waals surface area contributed by atoms with Crippen molar-refractivity contribution in [3.63, 3.8) is 0 Å². The van der Waals surface area contributed by atoms with Crippen LogP contribution in [-0.4, -0.2) is 6.36 Å². The zero-order valence-corrected chi connectivity index (χ0v) is 12.2. The minimum Gasteiger partial charge on any atom is -0.406 e. The van der Waals surface area contributed by atoms with Gasteiger partial charge in [-0.05, 0) is 36.4 Å². The molecule has 7 heteroatoms. The molecule has 0 saturated carbocycles. The lowest BCUT2D eigenvalue weighted by molar-refractivity contribution is -0.274. The van der Waals surface area contributed by atoms with E-state index >= 15 is 0 Å². The Hall–Kier alpha value is -3.50. The van der Waals surface area contributed by atoms with Gasteiger partial charge in [0, 0.05) is 17.0 Å². The summed E-state index contributed by atoms with van der Waals surface area (Å²) in [7, 11) is 0. The number of ether oxygens (including phenoxy) is 1. The number of nitriles is 1. The Morgan fingerprint density at radius 1 is 0.840 bits per heavy atom. The summed E-state index contributed by atoms with van der Waals surface area (Å²) >= 11 is 0. The Bertz CT molecular complexity index is 925. The molecule has 0 unspecified atom stereocenters. The number of rotatable bonds is 1. The number of nitrogens with zero attached hydrogens (tertiary/aromatic N) is 1. The van der Waals surface area contributed by atoms with Crippen molar-refractivity contribution in [1.29, 1.82) is 5.26 Å². The molecule has 0 spiro atoms. The van der Waals surface area contributed by atoms with E-state index in [9.17, 15) is 22.0 Å². The highest BCUT2D eigenvalue weighted by atomic mass is 19.4. The summed E-state index contributed by atoms with van der Waals surface area (Å²) in [4.78, 5) is 0. The molecule has 0 bridgehead atoms. The summed E-state index contributed by atoms with van der Waals surface area (Å²) in [6.07, 6.45) is -4.81. The van der Waals surface area contributed by atoms with Crippen molar-refractivity contribution < 1.29 is 26.7 Å². The fraction of sp³-hybridized carbons (Fsp3) is 0.0556. The lowest BCUT2D eigenvalue weighted by Gasteiger charge is -2.08.